The molecule has 0 spiro atoms. The van der Waals surface area contributed by atoms with Crippen LogP contribution in [0.1, 0.15) is 32.3 Å². The minimum absolute atomic E-state index is 0.0232. The molecule has 0 fully saturated rings. The molecule has 0 saturated heterocycles. The summed E-state index contributed by atoms with van der Waals surface area (Å²) in [4.78, 5) is 11.4. The lowest BCUT2D eigenvalue weighted by Crippen LogP contribution is -2.29. The van der Waals surface area contributed by atoms with Crippen molar-refractivity contribution in [1.29, 1.82) is 0 Å². The summed E-state index contributed by atoms with van der Waals surface area (Å²) in [7, 11) is 0. The van der Waals surface area contributed by atoms with Crippen LogP contribution in [0.3, 0.4) is 0 Å². The van der Waals surface area contributed by atoms with E-state index in [1.807, 2.05) is 18.2 Å². The molecule has 1 aromatic rings. The number of carbonyl (C=O) groups excluding carboxylic acids is 1. The van der Waals surface area contributed by atoms with E-state index in [0.717, 1.165) is 12.8 Å². The third-order valence-electron chi connectivity index (χ3n) is 3.16. The Morgan fingerprint density at radius 2 is 1.85 bits per heavy atom. The van der Waals surface area contributed by atoms with Crippen molar-refractivity contribution < 1.29 is 4.79 Å². The lowest BCUT2D eigenvalue weighted by atomic mass is 9.95. The molecule has 2 nitrogen and oxygen atoms in total. The van der Waals surface area contributed by atoms with Gasteiger partial charge < -0.3 is 5.32 Å². The molecule has 0 saturated carbocycles. The molecular weight excluding hydrogens is 293 g/mol. The van der Waals surface area contributed by atoms with Crippen molar-refractivity contribution >= 4 is 29.1 Å². The van der Waals surface area contributed by atoms with Crippen LogP contribution in [0.5, 0.6) is 0 Å². The number of carbonyl (C=O) groups is 1. The molecule has 1 N–H and O–H groups in total. The Kier molecular flexibility index (Phi) is 8.01. The number of benzene rings is 1. The Balaban J connectivity index is 2.31. The Morgan fingerprint density at radius 1 is 1.20 bits per heavy atom. The first-order chi connectivity index (χ1) is 9.49. The Bertz CT molecular complexity index is 393. The highest BCUT2D eigenvalue weighted by Crippen LogP contribution is 2.25. The van der Waals surface area contributed by atoms with Crippen LogP contribution in [0, 0.1) is 11.8 Å². The van der Waals surface area contributed by atoms with Crippen LogP contribution in [-0.4, -0.2) is 17.3 Å². The van der Waals surface area contributed by atoms with Crippen molar-refractivity contribution in [3.63, 3.8) is 0 Å². The summed E-state index contributed by atoms with van der Waals surface area (Å²) in [5.74, 6) is 0.532. The van der Waals surface area contributed by atoms with Crippen LogP contribution in [0.25, 0.3) is 0 Å². The summed E-state index contributed by atoms with van der Waals surface area (Å²) in [5.41, 5.74) is 1.22. The summed E-state index contributed by atoms with van der Waals surface area (Å²) in [6, 6.07) is 10.1. The molecule has 0 aliphatic carbocycles. The number of halogens is 2. The van der Waals surface area contributed by atoms with Gasteiger partial charge >= 0.3 is 0 Å². The van der Waals surface area contributed by atoms with E-state index < -0.39 is 4.84 Å². The average Bonchev–Trinajstić information content (AvgIpc) is 2.38. The number of alkyl halides is 2. The zero-order chi connectivity index (χ0) is 15.0. The molecule has 0 aliphatic heterocycles. The smallest absolute Gasteiger partial charge is 0.220 e. The van der Waals surface area contributed by atoms with E-state index >= 15 is 0 Å². The number of hydrogen-bond acceptors (Lipinski definition) is 1. The minimum Gasteiger partial charge on any atom is -0.356 e. The van der Waals surface area contributed by atoms with Gasteiger partial charge in [0.15, 0.2) is 0 Å². The summed E-state index contributed by atoms with van der Waals surface area (Å²) in [5, 5.41) is 2.93. The van der Waals surface area contributed by atoms with Crippen LogP contribution in [0.2, 0.25) is 0 Å². The quantitative estimate of drug-likeness (QED) is 0.716. The van der Waals surface area contributed by atoms with Crippen molar-refractivity contribution in [2.75, 3.05) is 6.54 Å². The SMILES string of the molecule is CC(C)CC(CC(=O)NCCc1ccccc1)C(Cl)Cl. The van der Waals surface area contributed by atoms with Gasteiger partial charge in [-0.25, -0.2) is 0 Å². The fourth-order valence-electron chi connectivity index (χ4n) is 2.18. The molecule has 0 aliphatic rings. The summed E-state index contributed by atoms with van der Waals surface area (Å²) in [6.45, 7) is 4.86. The number of nitrogens with one attached hydrogen (secondary N) is 1. The second-order valence-electron chi connectivity index (χ2n) is 5.51. The highest BCUT2D eigenvalue weighted by Gasteiger charge is 2.21. The third kappa shape index (κ3) is 7.16. The fraction of sp³-hybridized carbons (Fsp3) is 0.562. The van der Waals surface area contributed by atoms with Crippen molar-refractivity contribution in [2.45, 2.75) is 37.9 Å². The molecule has 1 amide bonds. The van der Waals surface area contributed by atoms with Gasteiger partial charge in [-0.1, -0.05) is 44.2 Å². The maximum atomic E-state index is 11.9. The maximum Gasteiger partial charge on any atom is 0.220 e. The van der Waals surface area contributed by atoms with E-state index in [1.54, 1.807) is 0 Å². The standard InChI is InChI=1S/C16H23Cl2NO/c1-12(2)10-14(16(17)18)11-15(20)19-9-8-13-6-4-3-5-7-13/h3-7,12,14,16H,8-11H2,1-2H3,(H,19,20). The van der Waals surface area contributed by atoms with E-state index in [1.165, 1.54) is 5.56 Å². The Morgan fingerprint density at radius 3 is 2.40 bits per heavy atom. The highest BCUT2D eigenvalue weighted by molar-refractivity contribution is 6.44. The van der Waals surface area contributed by atoms with Gasteiger partial charge in [0.2, 0.25) is 5.91 Å². The first-order valence-electron chi connectivity index (χ1n) is 7.07. The molecule has 1 aromatic carbocycles. The molecule has 20 heavy (non-hydrogen) atoms. The molecule has 0 heterocycles. The van der Waals surface area contributed by atoms with E-state index in [9.17, 15) is 4.79 Å². The first kappa shape index (κ1) is 17.3. The molecule has 1 rings (SSSR count). The average molecular weight is 316 g/mol. The number of hydrogen-bond donors (Lipinski definition) is 1. The van der Waals surface area contributed by atoms with Crippen molar-refractivity contribution in [2.24, 2.45) is 11.8 Å². The second-order valence-corrected chi connectivity index (χ2v) is 6.68. The van der Waals surface area contributed by atoms with E-state index in [-0.39, 0.29) is 11.8 Å². The topological polar surface area (TPSA) is 29.1 Å². The van der Waals surface area contributed by atoms with Crippen molar-refractivity contribution in [3.8, 4) is 0 Å². The fourth-order valence-corrected chi connectivity index (χ4v) is 2.57. The highest BCUT2D eigenvalue weighted by atomic mass is 35.5. The predicted octanol–water partition coefficient (Wildman–Crippen LogP) is 4.20. The molecule has 0 bridgehead atoms. The zero-order valence-electron chi connectivity index (χ0n) is 12.1. The summed E-state index contributed by atoms with van der Waals surface area (Å²) in [6.07, 6.45) is 2.10. The first-order valence-corrected chi connectivity index (χ1v) is 7.95. The van der Waals surface area contributed by atoms with Crippen molar-refractivity contribution in [1.82, 2.24) is 5.32 Å². The number of rotatable bonds is 8. The molecule has 112 valence electrons. The van der Waals surface area contributed by atoms with Gasteiger partial charge in [0.1, 0.15) is 4.84 Å². The zero-order valence-corrected chi connectivity index (χ0v) is 13.6. The lowest BCUT2D eigenvalue weighted by Gasteiger charge is -2.19. The molecular formula is C16H23Cl2NO. The van der Waals surface area contributed by atoms with Gasteiger partial charge in [-0.3, -0.25) is 4.79 Å². The van der Waals surface area contributed by atoms with Gasteiger partial charge in [-0.2, -0.15) is 0 Å². The van der Waals surface area contributed by atoms with Gasteiger partial charge in [0, 0.05) is 13.0 Å². The van der Waals surface area contributed by atoms with Crippen molar-refractivity contribution in [3.05, 3.63) is 35.9 Å². The van der Waals surface area contributed by atoms with E-state index in [2.05, 4.69) is 31.3 Å². The summed E-state index contributed by atoms with van der Waals surface area (Å²) < 4.78 is 0. The molecule has 4 heteroatoms. The second kappa shape index (κ2) is 9.25. The Labute approximate surface area is 131 Å². The normalized spacial score (nSPS) is 12.7. The molecule has 1 unspecified atom stereocenters. The van der Waals surface area contributed by atoms with Crippen LogP contribution in [0.4, 0.5) is 0 Å². The Hall–Kier alpha value is -0.730. The van der Waals surface area contributed by atoms with Crippen LogP contribution >= 0.6 is 23.2 Å². The van der Waals surface area contributed by atoms with Gasteiger partial charge in [0.05, 0.1) is 0 Å². The maximum absolute atomic E-state index is 11.9. The monoisotopic (exact) mass is 315 g/mol. The van der Waals surface area contributed by atoms with E-state index in [4.69, 9.17) is 23.2 Å². The largest absolute Gasteiger partial charge is 0.356 e. The lowest BCUT2D eigenvalue weighted by molar-refractivity contribution is -0.122. The summed E-state index contributed by atoms with van der Waals surface area (Å²) >= 11 is 11.9. The van der Waals surface area contributed by atoms with Gasteiger partial charge in [-0.15, -0.1) is 23.2 Å². The van der Waals surface area contributed by atoms with E-state index in [0.29, 0.717) is 18.9 Å². The van der Waals surface area contributed by atoms with Crippen LogP contribution in [0.15, 0.2) is 30.3 Å². The van der Waals surface area contributed by atoms with Crippen LogP contribution in [-0.2, 0) is 11.2 Å². The van der Waals surface area contributed by atoms with Gasteiger partial charge in [-0.05, 0) is 30.2 Å². The van der Waals surface area contributed by atoms with Crippen LogP contribution < -0.4 is 5.32 Å². The minimum atomic E-state index is -0.489. The van der Waals surface area contributed by atoms with Gasteiger partial charge in [0.25, 0.3) is 0 Å². The molecule has 1 atom stereocenters. The third-order valence-corrected chi connectivity index (χ3v) is 3.87. The number of amides is 1. The molecule has 0 radical (unpaired) electrons. The molecule has 0 aromatic heterocycles. The predicted molar refractivity (Wildman–Crippen MR) is 86.2 cm³/mol.